The summed E-state index contributed by atoms with van der Waals surface area (Å²) < 4.78 is 0. The molecule has 1 heterocycles. The number of nitrogens with zero attached hydrogens (tertiary/aromatic N) is 1. The fraction of sp³-hybridized carbons (Fsp3) is 0.562. The van der Waals surface area contributed by atoms with Gasteiger partial charge in [0.1, 0.15) is 0 Å². The van der Waals surface area contributed by atoms with Crippen LogP contribution in [0.25, 0.3) is 0 Å². The van der Waals surface area contributed by atoms with Crippen LogP contribution in [0.15, 0.2) is 18.2 Å². The molecule has 3 heteroatoms. The summed E-state index contributed by atoms with van der Waals surface area (Å²) in [4.78, 5) is 13.2. The number of rotatable bonds is 4. The van der Waals surface area contributed by atoms with E-state index in [4.69, 9.17) is 0 Å². The fourth-order valence-corrected chi connectivity index (χ4v) is 3.07. The van der Waals surface area contributed by atoms with Gasteiger partial charge in [0.25, 0.3) is 0 Å². The van der Waals surface area contributed by atoms with E-state index in [1.165, 1.54) is 24.0 Å². The first-order chi connectivity index (χ1) is 9.29. The average Bonchev–Trinajstić information content (AvgIpc) is 3.27. The van der Waals surface area contributed by atoms with Gasteiger partial charge in [-0.1, -0.05) is 6.07 Å². The number of piperidine rings is 1. The smallest absolute Gasteiger partial charge is 0.214 e. The van der Waals surface area contributed by atoms with Crippen LogP contribution in [0.5, 0.6) is 0 Å². The van der Waals surface area contributed by atoms with Gasteiger partial charge in [-0.25, -0.2) is 0 Å². The van der Waals surface area contributed by atoms with Crippen LogP contribution in [0.2, 0.25) is 0 Å². The number of nitrogens with one attached hydrogen (secondary N) is 1. The van der Waals surface area contributed by atoms with Gasteiger partial charge in [0.2, 0.25) is 6.41 Å². The molecule has 2 fully saturated rings. The zero-order valence-corrected chi connectivity index (χ0v) is 11.6. The van der Waals surface area contributed by atoms with E-state index in [-0.39, 0.29) is 0 Å². The van der Waals surface area contributed by atoms with E-state index < -0.39 is 0 Å². The lowest BCUT2D eigenvalue weighted by molar-refractivity contribution is -0.107. The minimum absolute atomic E-state index is 0.445. The summed E-state index contributed by atoms with van der Waals surface area (Å²) in [7, 11) is 0. The van der Waals surface area contributed by atoms with Gasteiger partial charge in [0, 0.05) is 11.7 Å². The highest BCUT2D eigenvalue weighted by molar-refractivity contribution is 5.77. The molecule has 0 bridgehead atoms. The van der Waals surface area contributed by atoms with Crippen LogP contribution in [0, 0.1) is 6.92 Å². The minimum Gasteiger partial charge on any atom is -0.317 e. The fourth-order valence-electron chi connectivity index (χ4n) is 3.07. The van der Waals surface area contributed by atoms with Crippen molar-refractivity contribution in [2.75, 3.05) is 18.0 Å². The summed E-state index contributed by atoms with van der Waals surface area (Å²) in [5.41, 5.74) is 3.88. The molecule has 1 aliphatic heterocycles. The van der Waals surface area contributed by atoms with Crippen LogP contribution in [-0.4, -0.2) is 25.5 Å². The second-order valence-electron chi connectivity index (χ2n) is 5.81. The van der Waals surface area contributed by atoms with Crippen LogP contribution in [0.3, 0.4) is 0 Å². The second-order valence-corrected chi connectivity index (χ2v) is 5.81. The largest absolute Gasteiger partial charge is 0.317 e. The third kappa shape index (κ3) is 2.66. The molecule has 1 aromatic rings. The van der Waals surface area contributed by atoms with Crippen molar-refractivity contribution in [2.24, 2.45) is 0 Å². The Morgan fingerprint density at radius 3 is 2.58 bits per heavy atom. The lowest BCUT2D eigenvalue weighted by Gasteiger charge is -2.26. The van der Waals surface area contributed by atoms with Gasteiger partial charge in [0.15, 0.2) is 0 Å². The molecule has 102 valence electrons. The highest BCUT2D eigenvalue weighted by Gasteiger charge is 2.29. The number of carbonyl (C=O) groups excluding carboxylic acids is 1. The van der Waals surface area contributed by atoms with Crippen molar-refractivity contribution in [3.8, 4) is 0 Å². The first-order valence-electron chi connectivity index (χ1n) is 7.34. The van der Waals surface area contributed by atoms with Crippen LogP contribution in [0.4, 0.5) is 5.69 Å². The molecule has 19 heavy (non-hydrogen) atoms. The Morgan fingerprint density at radius 1 is 1.21 bits per heavy atom. The van der Waals surface area contributed by atoms with Crippen molar-refractivity contribution in [3.63, 3.8) is 0 Å². The Kier molecular flexibility index (Phi) is 3.56. The molecule has 0 radical (unpaired) electrons. The third-order valence-corrected chi connectivity index (χ3v) is 4.39. The molecule has 1 aliphatic carbocycles. The molecule has 0 unspecified atom stereocenters. The van der Waals surface area contributed by atoms with Gasteiger partial charge < -0.3 is 10.2 Å². The zero-order chi connectivity index (χ0) is 13.2. The summed E-state index contributed by atoms with van der Waals surface area (Å²) in [6.45, 7) is 4.40. The third-order valence-electron chi connectivity index (χ3n) is 4.39. The normalized spacial score (nSPS) is 20.3. The standard InChI is InChI=1S/C16H22N2O/c1-12-2-3-15(18(11-19)14-4-5-14)10-16(12)13-6-8-17-9-7-13/h2-3,10-11,13-14,17H,4-9H2,1H3. The van der Waals surface area contributed by atoms with E-state index in [9.17, 15) is 4.79 Å². The quantitative estimate of drug-likeness (QED) is 0.842. The maximum atomic E-state index is 11.3. The molecule has 1 saturated heterocycles. The van der Waals surface area contributed by atoms with E-state index in [0.717, 1.165) is 38.0 Å². The molecule has 0 aromatic heterocycles. The molecule has 2 aliphatic rings. The van der Waals surface area contributed by atoms with Crippen molar-refractivity contribution in [2.45, 2.75) is 44.6 Å². The minimum atomic E-state index is 0.445. The predicted molar refractivity (Wildman–Crippen MR) is 77.6 cm³/mol. The van der Waals surface area contributed by atoms with Gasteiger partial charge in [-0.15, -0.1) is 0 Å². The van der Waals surface area contributed by atoms with Gasteiger partial charge in [-0.3, -0.25) is 4.79 Å². The highest BCUT2D eigenvalue weighted by atomic mass is 16.1. The van der Waals surface area contributed by atoms with Gasteiger partial charge in [-0.05, 0) is 74.9 Å². The molecule has 3 nitrogen and oxygen atoms in total. The Balaban J connectivity index is 1.88. The maximum Gasteiger partial charge on any atom is 0.214 e. The lowest BCUT2D eigenvalue weighted by atomic mass is 9.87. The van der Waals surface area contributed by atoms with Crippen molar-refractivity contribution in [1.29, 1.82) is 0 Å². The van der Waals surface area contributed by atoms with Crippen molar-refractivity contribution in [1.82, 2.24) is 5.32 Å². The van der Waals surface area contributed by atoms with E-state index in [1.807, 2.05) is 4.90 Å². The molecule has 1 saturated carbocycles. The van der Waals surface area contributed by atoms with Crippen LogP contribution >= 0.6 is 0 Å². The molecule has 1 amide bonds. The van der Waals surface area contributed by atoms with Gasteiger partial charge >= 0.3 is 0 Å². The maximum absolute atomic E-state index is 11.3. The number of amides is 1. The predicted octanol–water partition coefficient (Wildman–Crippen LogP) is 2.59. The van der Waals surface area contributed by atoms with Crippen molar-refractivity contribution >= 4 is 12.1 Å². The Hall–Kier alpha value is -1.35. The summed E-state index contributed by atoms with van der Waals surface area (Å²) in [5.74, 6) is 0.647. The monoisotopic (exact) mass is 258 g/mol. The van der Waals surface area contributed by atoms with Crippen molar-refractivity contribution < 1.29 is 4.79 Å². The number of hydrogen-bond donors (Lipinski definition) is 1. The summed E-state index contributed by atoms with van der Waals surface area (Å²) in [5, 5.41) is 3.41. The highest BCUT2D eigenvalue weighted by Crippen LogP contribution is 2.34. The molecular weight excluding hydrogens is 236 g/mol. The number of anilines is 1. The molecule has 3 rings (SSSR count). The van der Waals surface area contributed by atoms with Crippen LogP contribution in [0.1, 0.15) is 42.7 Å². The second kappa shape index (κ2) is 5.33. The number of carbonyl (C=O) groups is 1. The van der Waals surface area contributed by atoms with Crippen LogP contribution < -0.4 is 10.2 Å². The molecule has 1 aromatic carbocycles. The Bertz CT molecular complexity index is 462. The topological polar surface area (TPSA) is 32.3 Å². The molecule has 0 spiro atoms. The van der Waals surface area contributed by atoms with E-state index in [2.05, 4.69) is 30.4 Å². The van der Waals surface area contributed by atoms with Crippen molar-refractivity contribution in [3.05, 3.63) is 29.3 Å². The average molecular weight is 258 g/mol. The lowest BCUT2D eigenvalue weighted by Crippen LogP contribution is -2.27. The molecule has 1 N–H and O–H groups in total. The SMILES string of the molecule is Cc1ccc(N(C=O)C2CC2)cc1C1CCNCC1. The van der Waals surface area contributed by atoms with E-state index in [1.54, 1.807) is 0 Å². The number of benzene rings is 1. The molecule has 0 atom stereocenters. The first-order valence-corrected chi connectivity index (χ1v) is 7.34. The van der Waals surface area contributed by atoms with Crippen LogP contribution in [-0.2, 0) is 4.79 Å². The number of aryl methyl sites for hydroxylation is 1. The summed E-state index contributed by atoms with van der Waals surface area (Å²) in [6, 6.07) is 6.96. The summed E-state index contributed by atoms with van der Waals surface area (Å²) in [6.07, 6.45) is 5.70. The zero-order valence-electron chi connectivity index (χ0n) is 11.6. The van der Waals surface area contributed by atoms with E-state index in [0.29, 0.717) is 12.0 Å². The summed E-state index contributed by atoms with van der Waals surface area (Å²) >= 11 is 0. The number of hydrogen-bond acceptors (Lipinski definition) is 2. The Labute approximate surface area is 115 Å². The van der Waals surface area contributed by atoms with Gasteiger partial charge in [0.05, 0.1) is 0 Å². The Morgan fingerprint density at radius 2 is 1.95 bits per heavy atom. The molecular formula is C16H22N2O. The van der Waals surface area contributed by atoms with E-state index >= 15 is 0 Å². The first kappa shape index (κ1) is 12.7. The van der Waals surface area contributed by atoms with Gasteiger partial charge in [-0.2, -0.15) is 0 Å².